The highest BCUT2D eigenvalue weighted by Crippen LogP contribution is 2.37. The van der Waals surface area contributed by atoms with E-state index in [2.05, 4.69) is 120 Å². The number of anilines is 3. The lowest BCUT2D eigenvalue weighted by Crippen LogP contribution is -2.19. The van der Waals surface area contributed by atoms with Crippen molar-refractivity contribution in [3.8, 4) is 27.9 Å². The number of rotatable bonds is 6. The summed E-state index contributed by atoms with van der Waals surface area (Å²) in [5, 5.41) is 2.74. The third-order valence-corrected chi connectivity index (χ3v) is 8.63. The Morgan fingerprint density at radius 3 is 1.26 bits per heavy atom. The molecule has 46 heavy (non-hydrogen) atoms. The molecule has 1 aromatic heterocycles. The van der Waals surface area contributed by atoms with Crippen LogP contribution in [0.25, 0.3) is 49.6 Å². The molecule has 0 aliphatic heterocycles. The standard InChI is InChI=1S/C43H30N2O/c46-43-41-17-8-7-15-39(41)40-16-9-10-18-42(40)45(43)38-29-27-37(28-30-38)44(35-23-19-33(20-24-35)31-11-3-1-4-12-31)36-25-21-34(22-26-36)32-13-5-2-6-14-32/h1-30H. The van der Waals surface area contributed by atoms with Gasteiger partial charge in [0.25, 0.3) is 5.56 Å². The van der Waals surface area contributed by atoms with Crippen molar-refractivity contribution in [2.45, 2.75) is 0 Å². The van der Waals surface area contributed by atoms with E-state index >= 15 is 0 Å². The van der Waals surface area contributed by atoms with E-state index in [4.69, 9.17) is 0 Å². The summed E-state index contributed by atoms with van der Waals surface area (Å²) in [6.07, 6.45) is 0. The summed E-state index contributed by atoms with van der Waals surface area (Å²) >= 11 is 0. The average Bonchev–Trinajstić information content (AvgIpc) is 3.14. The Hall–Kier alpha value is -6.19. The lowest BCUT2D eigenvalue weighted by molar-refractivity contribution is 1.06. The maximum Gasteiger partial charge on any atom is 0.263 e. The lowest BCUT2D eigenvalue weighted by Gasteiger charge is -2.26. The summed E-state index contributed by atoms with van der Waals surface area (Å²) in [6.45, 7) is 0. The van der Waals surface area contributed by atoms with Gasteiger partial charge in [-0.15, -0.1) is 0 Å². The van der Waals surface area contributed by atoms with E-state index in [1.54, 1.807) is 0 Å². The van der Waals surface area contributed by atoms with Gasteiger partial charge >= 0.3 is 0 Å². The number of benzene rings is 7. The first-order valence-electron chi connectivity index (χ1n) is 15.5. The molecule has 0 fully saturated rings. The summed E-state index contributed by atoms with van der Waals surface area (Å²) in [5.74, 6) is 0. The predicted octanol–water partition coefficient (Wildman–Crippen LogP) is 10.9. The van der Waals surface area contributed by atoms with Crippen molar-refractivity contribution < 1.29 is 0 Å². The van der Waals surface area contributed by atoms with Crippen LogP contribution < -0.4 is 10.5 Å². The maximum atomic E-state index is 13.9. The fourth-order valence-electron chi connectivity index (χ4n) is 6.35. The van der Waals surface area contributed by atoms with E-state index < -0.39 is 0 Å². The number of hydrogen-bond donors (Lipinski definition) is 0. The summed E-state index contributed by atoms with van der Waals surface area (Å²) in [7, 11) is 0. The van der Waals surface area contributed by atoms with Crippen molar-refractivity contribution in [1.82, 2.24) is 4.57 Å². The molecule has 8 aromatic rings. The zero-order valence-corrected chi connectivity index (χ0v) is 25.1. The molecule has 0 N–H and O–H groups in total. The summed E-state index contributed by atoms with van der Waals surface area (Å²) in [6, 6.07) is 62.5. The van der Waals surface area contributed by atoms with Crippen molar-refractivity contribution in [2.24, 2.45) is 0 Å². The number of fused-ring (bicyclic) bond motifs is 3. The Kier molecular flexibility index (Phi) is 6.97. The fourth-order valence-corrected chi connectivity index (χ4v) is 6.35. The Bertz CT molecular complexity index is 2260. The molecule has 0 bridgehead atoms. The lowest BCUT2D eigenvalue weighted by atomic mass is 10.0. The van der Waals surface area contributed by atoms with Gasteiger partial charge in [-0.2, -0.15) is 0 Å². The van der Waals surface area contributed by atoms with Crippen LogP contribution in [0.2, 0.25) is 0 Å². The molecule has 0 spiro atoms. The Labute approximate surface area is 267 Å². The number of pyridine rings is 1. The first-order chi connectivity index (χ1) is 22.7. The largest absolute Gasteiger partial charge is 0.311 e. The Balaban J connectivity index is 1.23. The Morgan fingerprint density at radius 1 is 0.348 bits per heavy atom. The second kappa shape index (κ2) is 11.7. The van der Waals surface area contributed by atoms with Crippen molar-refractivity contribution in [2.75, 3.05) is 4.90 Å². The molecule has 0 unspecified atom stereocenters. The molecule has 0 atom stereocenters. The van der Waals surface area contributed by atoms with Gasteiger partial charge in [-0.05, 0) is 88.3 Å². The smallest absolute Gasteiger partial charge is 0.263 e. The van der Waals surface area contributed by atoms with Gasteiger partial charge in [-0.25, -0.2) is 0 Å². The second-order valence-electron chi connectivity index (χ2n) is 11.4. The van der Waals surface area contributed by atoms with Crippen LogP contribution in [0.15, 0.2) is 187 Å². The van der Waals surface area contributed by atoms with Crippen molar-refractivity contribution >= 4 is 38.7 Å². The topological polar surface area (TPSA) is 25.2 Å². The van der Waals surface area contributed by atoms with Gasteiger partial charge in [0, 0.05) is 33.5 Å². The van der Waals surface area contributed by atoms with Crippen molar-refractivity contribution in [3.05, 3.63) is 192 Å². The van der Waals surface area contributed by atoms with Gasteiger partial charge < -0.3 is 4.90 Å². The maximum absolute atomic E-state index is 13.9. The predicted molar refractivity (Wildman–Crippen MR) is 193 cm³/mol. The minimum atomic E-state index is -0.0214. The minimum absolute atomic E-state index is 0.0214. The van der Waals surface area contributed by atoms with Crippen LogP contribution in [0.4, 0.5) is 17.1 Å². The molecule has 0 saturated carbocycles. The highest BCUT2D eigenvalue weighted by Gasteiger charge is 2.16. The number of aromatic nitrogens is 1. The number of hydrogen-bond acceptors (Lipinski definition) is 2. The van der Waals surface area contributed by atoms with Crippen LogP contribution in [0.1, 0.15) is 0 Å². The van der Waals surface area contributed by atoms with Crippen molar-refractivity contribution in [1.29, 1.82) is 0 Å². The molecular weight excluding hydrogens is 560 g/mol. The number of nitrogens with zero attached hydrogens (tertiary/aromatic N) is 2. The monoisotopic (exact) mass is 590 g/mol. The van der Waals surface area contributed by atoms with Crippen LogP contribution >= 0.6 is 0 Å². The van der Waals surface area contributed by atoms with Crippen LogP contribution in [0.5, 0.6) is 0 Å². The molecule has 8 rings (SSSR count). The molecule has 3 heteroatoms. The SMILES string of the molecule is O=c1c2ccccc2c2ccccc2n1-c1ccc(N(c2ccc(-c3ccccc3)cc2)c2ccc(-c3ccccc3)cc2)cc1. The average molecular weight is 591 g/mol. The molecule has 218 valence electrons. The molecule has 3 nitrogen and oxygen atoms in total. The quantitative estimate of drug-likeness (QED) is 0.180. The zero-order chi connectivity index (χ0) is 30.9. The van der Waals surface area contributed by atoms with Crippen LogP contribution in [-0.2, 0) is 0 Å². The fraction of sp³-hybridized carbons (Fsp3) is 0. The van der Waals surface area contributed by atoms with Gasteiger partial charge in [0.1, 0.15) is 0 Å². The molecule has 7 aromatic carbocycles. The third-order valence-electron chi connectivity index (χ3n) is 8.63. The highest BCUT2D eigenvalue weighted by atomic mass is 16.1. The van der Waals surface area contributed by atoms with Gasteiger partial charge in [0.15, 0.2) is 0 Å². The Morgan fingerprint density at radius 2 is 0.739 bits per heavy atom. The molecule has 0 aliphatic carbocycles. The first-order valence-corrected chi connectivity index (χ1v) is 15.5. The van der Waals surface area contributed by atoms with Gasteiger partial charge in [0.2, 0.25) is 0 Å². The van der Waals surface area contributed by atoms with E-state index in [1.807, 2.05) is 71.3 Å². The van der Waals surface area contributed by atoms with Gasteiger partial charge in [-0.1, -0.05) is 121 Å². The normalized spacial score (nSPS) is 11.1. The zero-order valence-electron chi connectivity index (χ0n) is 25.1. The van der Waals surface area contributed by atoms with Crippen LogP contribution in [-0.4, -0.2) is 4.57 Å². The van der Waals surface area contributed by atoms with E-state index in [-0.39, 0.29) is 5.56 Å². The summed E-state index contributed by atoms with van der Waals surface area (Å²) in [4.78, 5) is 16.1. The molecule has 0 saturated heterocycles. The molecule has 0 amide bonds. The second-order valence-corrected chi connectivity index (χ2v) is 11.4. The van der Waals surface area contributed by atoms with E-state index in [9.17, 15) is 4.79 Å². The third kappa shape index (κ3) is 4.94. The van der Waals surface area contributed by atoms with Crippen molar-refractivity contribution in [3.63, 3.8) is 0 Å². The molecule has 0 aliphatic rings. The highest BCUT2D eigenvalue weighted by molar-refractivity contribution is 6.06. The van der Waals surface area contributed by atoms with E-state index in [0.717, 1.165) is 39.0 Å². The summed E-state index contributed by atoms with van der Waals surface area (Å²) < 4.78 is 1.83. The van der Waals surface area contributed by atoms with E-state index in [0.29, 0.717) is 5.39 Å². The molecule has 0 radical (unpaired) electrons. The molecule has 1 heterocycles. The molecular formula is C43H30N2O. The minimum Gasteiger partial charge on any atom is -0.311 e. The van der Waals surface area contributed by atoms with Crippen LogP contribution in [0.3, 0.4) is 0 Å². The van der Waals surface area contributed by atoms with E-state index in [1.165, 1.54) is 22.3 Å². The van der Waals surface area contributed by atoms with Crippen LogP contribution in [0, 0.1) is 0 Å². The summed E-state index contributed by atoms with van der Waals surface area (Å²) in [5.41, 5.74) is 9.51. The van der Waals surface area contributed by atoms with Gasteiger partial charge in [0.05, 0.1) is 5.52 Å². The number of para-hydroxylation sites is 1. The first kappa shape index (κ1) is 27.4. The van der Waals surface area contributed by atoms with Gasteiger partial charge in [-0.3, -0.25) is 9.36 Å².